The van der Waals surface area contributed by atoms with Gasteiger partial charge in [0.15, 0.2) is 0 Å². The average molecular weight is 476 g/mol. The predicted molar refractivity (Wildman–Crippen MR) is 125 cm³/mol. The van der Waals surface area contributed by atoms with Gasteiger partial charge in [-0.15, -0.1) is 11.3 Å². The highest BCUT2D eigenvalue weighted by molar-refractivity contribution is 7.89. The van der Waals surface area contributed by atoms with Crippen molar-refractivity contribution < 1.29 is 18.0 Å². The van der Waals surface area contributed by atoms with Gasteiger partial charge in [-0.2, -0.15) is 4.31 Å². The number of piperidine rings is 1. The van der Waals surface area contributed by atoms with E-state index in [0.717, 1.165) is 31.2 Å². The summed E-state index contributed by atoms with van der Waals surface area (Å²) in [5.74, 6) is -0.353. The van der Waals surface area contributed by atoms with E-state index in [-0.39, 0.29) is 23.1 Å². The lowest BCUT2D eigenvalue weighted by molar-refractivity contribution is -0.126. The zero-order chi connectivity index (χ0) is 22.7. The molecule has 9 heteroatoms. The number of fused-ring (bicyclic) bond motifs is 1. The molecule has 2 amide bonds. The van der Waals surface area contributed by atoms with E-state index in [1.165, 1.54) is 14.1 Å². The molecule has 1 aromatic carbocycles. The maximum atomic E-state index is 13.1. The molecule has 1 fully saturated rings. The van der Waals surface area contributed by atoms with Gasteiger partial charge in [0.25, 0.3) is 0 Å². The summed E-state index contributed by atoms with van der Waals surface area (Å²) >= 11 is 1.64. The van der Waals surface area contributed by atoms with Crippen molar-refractivity contribution >= 4 is 38.9 Å². The first kappa shape index (κ1) is 22.9. The van der Waals surface area contributed by atoms with Crippen molar-refractivity contribution in [3.63, 3.8) is 0 Å². The number of carbonyl (C=O) groups is 2. The minimum atomic E-state index is -3.57. The van der Waals surface area contributed by atoms with Crippen molar-refractivity contribution in [2.75, 3.05) is 24.5 Å². The van der Waals surface area contributed by atoms with E-state index in [1.54, 1.807) is 36.5 Å². The second-order valence-corrected chi connectivity index (χ2v) is 11.2. The molecule has 2 aromatic rings. The molecule has 0 spiro atoms. The number of sulfonamides is 1. The molecule has 1 saturated heterocycles. The Kier molecular flexibility index (Phi) is 6.97. The van der Waals surface area contributed by atoms with Gasteiger partial charge in [0.2, 0.25) is 21.8 Å². The molecule has 2 aliphatic rings. The zero-order valence-corrected chi connectivity index (χ0v) is 19.9. The summed E-state index contributed by atoms with van der Waals surface area (Å²) in [6.07, 6.45) is 4.12. The van der Waals surface area contributed by atoms with Crippen molar-refractivity contribution in [1.82, 2.24) is 9.62 Å². The molecular formula is C23H29N3O4S2. The fourth-order valence-electron chi connectivity index (χ4n) is 4.41. The number of amides is 2. The number of hydrogen-bond acceptors (Lipinski definition) is 5. The molecule has 1 unspecified atom stereocenters. The number of carbonyl (C=O) groups excluding carboxylic acids is 2. The molecule has 3 heterocycles. The summed E-state index contributed by atoms with van der Waals surface area (Å²) in [5, 5.41) is 4.95. The first-order valence-electron chi connectivity index (χ1n) is 11.2. The Labute approximate surface area is 193 Å². The summed E-state index contributed by atoms with van der Waals surface area (Å²) in [6.45, 7) is 3.33. The molecule has 32 heavy (non-hydrogen) atoms. The third kappa shape index (κ3) is 4.60. The fourth-order valence-corrected chi connectivity index (χ4v) is 6.69. The number of thiophene rings is 1. The molecule has 0 aliphatic carbocycles. The first-order valence-corrected chi connectivity index (χ1v) is 13.5. The van der Waals surface area contributed by atoms with Gasteiger partial charge < -0.3 is 5.32 Å². The van der Waals surface area contributed by atoms with Gasteiger partial charge in [-0.3, -0.25) is 14.5 Å². The maximum absolute atomic E-state index is 13.1. The Morgan fingerprint density at radius 2 is 1.94 bits per heavy atom. The molecule has 7 nitrogen and oxygen atoms in total. The molecule has 172 valence electrons. The van der Waals surface area contributed by atoms with Crippen molar-refractivity contribution in [3.8, 4) is 0 Å². The van der Waals surface area contributed by atoms with Crippen LogP contribution in [0.25, 0.3) is 0 Å². The molecule has 1 atom stereocenters. The lowest BCUT2D eigenvalue weighted by Crippen LogP contribution is -2.48. The Morgan fingerprint density at radius 1 is 1.16 bits per heavy atom. The Balaban J connectivity index is 1.53. The van der Waals surface area contributed by atoms with Crippen LogP contribution in [0.3, 0.4) is 0 Å². The van der Waals surface area contributed by atoms with Crippen LogP contribution >= 0.6 is 11.3 Å². The monoisotopic (exact) mass is 475 g/mol. The topological polar surface area (TPSA) is 86.8 Å². The standard InChI is InChI=1S/C23H29N3O4S2/c1-2-22(27)26-20-9-8-19(32(29,30)25-12-4-3-5-13-25)15-17(20)16-21(26)23(28)24-11-10-18-7-6-14-31-18/h6-9,14-15,21H,2-5,10-13,16H2,1H3,(H,24,28). The number of rotatable bonds is 7. The predicted octanol–water partition coefficient (Wildman–Crippen LogP) is 2.95. The Bertz CT molecular complexity index is 1080. The van der Waals surface area contributed by atoms with Crippen LogP contribution in [0.1, 0.15) is 43.0 Å². The number of hydrogen-bond donors (Lipinski definition) is 1. The SMILES string of the molecule is CCC(=O)N1c2ccc(S(=O)(=O)N3CCCCC3)cc2CC1C(=O)NCCc1cccs1. The maximum Gasteiger partial charge on any atom is 0.243 e. The molecule has 0 bridgehead atoms. The second kappa shape index (κ2) is 9.72. The molecular weight excluding hydrogens is 446 g/mol. The summed E-state index contributed by atoms with van der Waals surface area (Å²) in [5.41, 5.74) is 1.36. The number of anilines is 1. The molecule has 1 N–H and O–H groups in total. The lowest BCUT2D eigenvalue weighted by atomic mass is 10.1. The average Bonchev–Trinajstić information content (AvgIpc) is 3.46. The highest BCUT2D eigenvalue weighted by atomic mass is 32.2. The second-order valence-electron chi connectivity index (χ2n) is 8.21. The van der Waals surface area contributed by atoms with Crippen LogP contribution in [-0.2, 0) is 32.5 Å². The Hall–Kier alpha value is -2.23. The first-order chi connectivity index (χ1) is 15.4. The van der Waals surface area contributed by atoms with Crippen LogP contribution < -0.4 is 10.2 Å². The van der Waals surface area contributed by atoms with Gasteiger partial charge in [0, 0.05) is 43.0 Å². The van der Waals surface area contributed by atoms with Crippen LogP contribution in [0, 0.1) is 0 Å². The van der Waals surface area contributed by atoms with Gasteiger partial charge in [-0.25, -0.2) is 8.42 Å². The van der Waals surface area contributed by atoms with Crippen molar-refractivity contribution in [2.45, 2.75) is 56.4 Å². The molecule has 2 aliphatic heterocycles. The highest BCUT2D eigenvalue weighted by Crippen LogP contribution is 2.35. The van der Waals surface area contributed by atoms with Gasteiger partial charge in [-0.1, -0.05) is 19.4 Å². The van der Waals surface area contributed by atoms with Crippen molar-refractivity contribution in [2.24, 2.45) is 0 Å². The summed E-state index contributed by atoms with van der Waals surface area (Å²) < 4.78 is 27.7. The van der Waals surface area contributed by atoms with Gasteiger partial charge in [0.05, 0.1) is 4.90 Å². The molecule has 0 saturated carbocycles. The van der Waals surface area contributed by atoms with Crippen LogP contribution in [0.2, 0.25) is 0 Å². The molecule has 0 radical (unpaired) electrons. The highest BCUT2D eigenvalue weighted by Gasteiger charge is 2.38. The van der Waals surface area contributed by atoms with Gasteiger partial charge in [-0.05, 0) is 54.5 Å². The lowest BCUT2D eigenvalue weighted by Gasteiger charge is -2.26. The van der Waals surface area contributed by atoms with Crippen LogP contribution in [0.15, 0.2) is 40.6 Å². The third-order valence-electron chi connectivity index (χ3n) is 6.11. The van der Waals surface area contributed by atoms with E-state index in [2.05, 4.69) is 5.32 Å². The molecule has 1 aromatic heterocycles. The summed E-state index contributed by atoms with van der Waals surface area (Å²) in [4.78, 5) is 28.6. The number of nitrogens with one attached hydrogen (secondary N) is 1. The van der Waals surface area contributed by atoms with Crippen molar-refractivity contribution in [3.05, 3.63) is 46.2 Å². The van der Waals surface area contributed by atoms with Crippen molar-refractivity contribution in [1.29, 1.82) is 0 Å². The smallest absolute Gasteiger partial charge is 0.243 e. The molecule has 4 rings (SSSR count). The van der Waals surface area contributed by atoms with Crippen LogP contribution in [0.4, 0.5) is 5.69 Å². The van der Waals surface area contributed by atoms with Gasteiger partial charge >= 0.3 is 0 Å². The summed E-state index contributed by atoms with van der Waals surface area (Å²) in [6, 6.07) is 8.24. The fraction of sp³-hybridized carbons (Fsp3) is 0.478. The van der Waals surface area contributed by atoms with Gasteiger partial charge in [0.1, 0.15) is 6.04 Å². The van der Waals surface area contributed by atoms with Crippen LogP contribution in [-0.4, -0.2) is 50.2 Å². The van der Waals surface area contributed by atoms with E-state index in [0.29, 0.717) is 31.7 Å². The summed E-state index contributed by atoms with van der Waals surface area (Å²) in [7, 11) is -3.57. The Morgan fingerprint density at radius 3 is 2.62 bits per heavy atom. The number of benzene rings is 1. The van der Waals surface area contributed by atoms with E-state index in [1.807, 2.05) is 17.5 Å². The van der Waals surface area contributed by atoms with E-state index >= 15 is 0 Å². The largest absolute Gasteiger partial charge is 0.354 e. The van der Waals surface area contributed by atoms with E-state index in [9.17, 15) is 18.0 Å². The quantitative estimate of drug-likeness (QED) is 0.667. The third-order valence-corrected chi connectivity index (χ3v) is 8.94. The normalized spacial score (nSPS) is 19.0. The number of nitrogens with zero attached hydrogens (tertiary/aromatic N) is 2. The van der Waals surface area contributed by atoms with E-state index in [4.69, 9.17) is 0 Å². The minimum absolute atomic E-state index is 0.145. The van der Waals surface area contributed by atoms with Crippen LogP contribution in [0.5, 0.6) is 0 Å². The van der Waals surface area contributed by atoms with E-state index < -0.39 is 16.1 Å². The minimum Gasteiger partial charge on any atom is -0.354 e. The zero-order valence-electron chi connectivity index (χ0n) is 18.2.